The lowest BCUT2D eigenvalue weighted by molar-refractivity contribution is -0.130. The van der Waals surface area contributed by atoms with Gasteiger partial charge in [0.25, 0.3) is 11.5 Å². The minimum atomic E-state index is -0.268. The molecule has 2 saturated heterocycles. The quantitative estimate of drug-likeness (QED) is 0.697. The number of H-pyrrole nitrogens is 1. The Hall–Kier alpha value is -3.07. The number of piperidine rings is 1. The van der Waals surface area contributed by atoms with Gasteiger partial charge in [0.05, 0.1) is 5.56 Å². The van der Waals surface area contributed by atoms with E-state index in [-0.39, 0.29) is 23.4 Å². The molecule has 2 aliphatic heterocycles. The van der Waals surface area contributed by atoms with Crippen LogP contribution in [-0.4, -0.2) is 62.2 Å². The Labute approximate surface area is 176 Å². The first-order chi connectivity index (χ1) is 14.6. The van der Waals surface area contributed by atoms with E-state index >= 15 is 0 Å². The maximum atomic E-state index is 13.2. The number of thiophene rings is 1. The molecule has 9 heteroatoms. The van der Waals surface area contributed by atoms with E-state index in [1.54, 1.807) is 23.7 Å². The highest BCUT2D eigenvalue weighted by Gasteiger charge is 2.33. The number of hydrogen-bond donors (Lipinski definition) is 1. The second-order valence-electron chi connectivity index (χ2n) is 7.67. The van der Waals surface area contributed by atoms with E-state index in [1.807, 2.05) is 15.9 Å². The van der Waals surface area contributed by atoms with Gasteiger partial charge in [0.15, 0.2) is 5.82 Å². The highest BCUT2D eigenvalue weighted by molar-refractivity contribution is 7.17. The van der Waals surface area contributed by atoms with Gasteiger partial charge in [0, 0.05) is 43.7 Å². The van der Waals surface area contributed by atoms with Crippen molar-refractivity contribution < 1.29 is 9.59 Å². The van der Waals surface area contributed by atoms with Crippen LogP contribution in [0.4, 0.5) is 0 Å². The van der Waals surface area contributed by atoms with E-state index in [4.69, 9.17) is 0 Å². The van der Waals surface area contributed by atoms with Crippen molar-refractivity contribution in [1.82, 2.24) is 24.8 Å². The Balaban J connectivity index is 1.40. The second-order valence-corrected chi connectivity index (χ2v) is 8.55. The maximum absolute atomic E-state index is 13.2. The summed E-state index contributed by atoms with van der Waals surface area (Å²) in [7, 11) is 0. The number of carbonyl (C=O) groups excluding carboxylic acids is 2. The first kappa shape index (κ1) is 18.9. The molecule has 5 rings (SSSR count). The molecule has 0 bridgehead atoms. The smallest absolute Gasteiger partial charge is 0.269 e. The van der Waals surface area contributed by atoms with Crippen molar-refractivity contribution in [3.8, 4) is 11.5 Å². The molecule has 8 nitrogen and oxygen atoms in total. The van der Waals surface area contributed by atoms with E-state index in [0.717, 1.165) is 25.8 Å². The SMILES string of the molecule is O=C(c1csc2c(=O)[nH]c(-c3ccccn3)nc12)N1CCC(N2CCCC2=O)CC1. The summed E-state index contributed by atoms with van der Waals surface area (Å²) >= 11 is 1.23. The molecule has 0 aromatic carbocycles. The van der Waals surface area contributed by atoms with Crippen molar-refractivity contribution in [3.63, 3.8) is 0 Å². The topological polar surface area (TPSA) is 99.3 Å². The lowest BCUT2D eigenvalue weighted by atomic mass is 10.0. The molecule has 0 radical (unpaired) electrons. The Bertz CT molecular complexity index is 1160. The summed E-state index contributed by atoms with van der Waals surface area (Å²) in [6.07, 6.45) is 4.77. The number of amides is 2. The molecule has 30 heavy (non-hydrogen) atoms. The first-order valence-corrected chi connectivity index (χ1v) is 11.0. The largest absolute Gasteiger partial charge is 0.340 e. The van der Waals surface area contributed by atoms with E-state index in [9.17, 15) is 14.4 Å². The van der Waals surface area contributed by atoms with Crippen molar-refractivity contribution in [1.29, 1.82) is 0 Å². The van der Waals surface area contributed by atoms with Crippen molar-refractivity contribution in [2.45, 2.75) is 31.7 Å². The van der Waals surface area contributed by atoms with Crippen LogP contribution in [0.25, 0.3) is 21.7 Å². The molecule has 2 amide bonds. The Morgan fingerprint density at radius 3 is 2.70 bits per heavy atom. The number of nitrogens with one attached hydrogen (secondary N) is 1. The average Bonchev–Trinajstić information content (AvgIpc) is 3.40. The molecule has 0 aliphatic carbocycles. The Morgan fingerprint density at radius 2 is 2.00 bits per heavy atom. The number of fused-ring (bicyclic) bond motifs is 1. The van der Waals surface area contributed by atoms with Gasteiger partial charge in [-0.05, 0) is 31.4 Å². The van der Waals surface area contributed by atoms with Gasteiger partial charge in [-0.3, -0.25) is 19.4 Å². The summed E-state index contributed by atoms with van der Waals surface area (Å²) in [6.45, 7) is 2.03. The fourth-order valence-electron chi connectivity index (χ4n) is 4.31. The minimum absolute atomic E-state index is 0.113. The van der Waals surface area contributed by atoms with Crippen LogP contribution in [0.3, 0.4) is 0 Å². The Morgan fingerprint density at radius 1 is 1.17 bits per heavy atom. The molecule has 0 spiro atoms. The zero-order chi connectivity index (χ0) is 20.7. The molecule has 1 N–H and O–H groups in total. The van der Waals surface area contributed by atoms with Crippen LogP contribution in [0.1, 0.15) is 36.0 Å². The van der Waals surface area contributed by atoms with Gasteiger partial charge in [-0.15, -0.1) is 11.3 Å². The van der Waals surface area contributed by atoms with E-state index < -0.39 is 0 Å². The summed E-state index contributed by atoms with van der Waals surface area (Å²) in [5, 5.41) is 1.72. The molecule has 3 aromatic heterocycles. The third-order valence-electron chi connectivity index (χ3n) is 5.87. The van der Waals surface area contributed by atoms with Crippen LogP contribution < -0.4 is 5.56 Å². The zero-order valence-corrected chi connectivity index (χ0v) is 17.2. The first-order valence-electron chi connectivity index (χ1n) is 10.1. The fourth-order valence-corrected chi connectivity index (χ4v) is 5.18. The normalized spacial score (nSPS) is 17.8. The third kappa shape index (κ3) is 3.28. The third-order valence-corrected chi connectivity index (χ3v) is 6.83. The molecule has 0 saturated carbocycles. The number of rotatable bonds is 3. The highest BCUT2D eigenvalue weighted by Crippen LogP contribution is 2.27. The lowest BCUT2D eigenvalue weighted by Gasteiger charge is -2.36. The van der Waals surface area contributed by atoms with E-state index in [2.05, 4.69) is 15.0 Å². The van der Waals surface area contributed by atoms with E-state index in [1.165, 1.54) is 11.3 Å². The summed E-state index contributed by atoms with van der Waals surface area (Å²) in [5.41, 5.74) is 1.16. The highest BCUT2D eigenvalue weighted by atomic mass is 32.1. The van der Waals surface area contributed by atoms with Crippen LogP contribution in [0.5, 0.6) is 0 Å². The van der Waals surface area contributed by atoms with Crippen LogP contribution in [0, 0.1) is 0 Å². The van der Waals surface area contributed by atoms with Gasteiger partial charge in [-0.2, -0.15) is 0 Å². The monoisotopic (exact) mass is 423 g/mol. The maximum Gasteiger partial charge on any atom is 0.269 e. The summed E-state index contributed by atoms with van der Waals surface area (Å²) in [5.74, 6) is 0.471. The summed E-state index contributed by atoms with van der Waals surface area (Å²) < 4.78 is 0.440. The molecule has 2 fully saturated rings. The van der Waals surface area contributed by atoms with E-state index in [0.29, 0.717) is 46.8 Å². The van der Waals surface area contributed by atoms with Gasteiger partial charge in [-0.1, -0.05) is 6.07 Å². The van der Waals surface area contributed by atoms with Gasteiger partial charge < -0.3 is 14.8 Å². The van der Waals surface area contributed by atoms with Gasteiger partial charge in [-0.25, -0.2) is 4.98 Å². The number of carbonyl (C=O) groups is 2. The van der Waals surface area contributed by atoms with Crippen LogP contribution in [0.2, 0.25) is 0 Å². The molecule has 0 unspecified atom stereocenters. The van der Waals surface area contributed by atoms with Gasteiger partial charge >= 0.3 is 0 Å². The number of aromatic nitrogens is 3. The molecule has 154 valence electrons. The summed E-state index contributed by atoms with van der Waals surface area (Å²) in [4.78, 5) is 53.1. The van der Waals surface area contributed by atoms with Crippen LogP contribution >= 0.6 is 11.3 Å². The van der Waals surface area contributed by atoms with Crippen molar-refractivity contribution in [2.75, 3.05) is 19.6 Å². The summed E-state index contributed by atoms with van der Waals surface area (Å²) in [6, 6.07) is 5.60. The second kappa shape index (κ2) is 7.64. The standard InChI is InChI=1S/C21H21N5O3S/c27-16-5-3-9-26(16)13-6-10-25(11-7-13)21(29)14-12-30-18-17(14)23-19(24-20(18)28)15-4-1-2-8-22-15/h1-2,4,8,12-13H,3,5-7,9-11H2,(H,23,24,28). The number of aromatic amines is 1. The minimum Gasteiger partial charge on any atom is -0.340 e. The van der Waals surface area contributed by atoms with Gasteiger partial charge in [0.2, 0.25) is 5.91 Å². The van der Waals surface area contributed by atoms with Crippen molar-refractivity contribution in [3.05, 3.63) is 45.7 Å². The number of nitrogens with zero attached hydrogens (tertiary/aromatic N) is 4. The number of pyridine rings is 1. The molecular weight excluding hydrogens is 402 g/mol. The van der Waals surface area contributed by atoms with Crippen LogP contribution in [-0.2, 0) is 4.79 Å². The molecule has 5 heterocycles. The molecule has 3 aromatic rings. The van der Waals surface area contributed by atoms with Crippen molar-refractivity contribution in [2.24, 2.45) is 0 Å². The molecule has 2 aliphatic rings. The predicted octanol–water partition coefficient (Wildman–Crippen LogP) is 2.27. The molecule has 0 atom stereocenters. The number of likely N-dealkylation sites (tertiary alicyclic amines) is 2. The predicted molar refractivity (Wildman–Crippen MR) is 113 cm³/mol. The fraction of sp³-hybridized carbons (Fsp3) is 0.381. The zero-order valence-electron chi connectivity index (χ0n) is 16.3. The Kier molecular flexibility index (Phi) is 4.82. The van der Waals surface area contributed by atoms with Crippen LogP contribution in [0.15, 0.2) is 34.6 Å². The molecular formula is C21H21N5O3S. The van der Waals surface area contributed by atoms with Gasteiger partial charge in [0.1, 0.15) is 15.9 Å². The number of hydrogen-bond acceptors (Lipinski definition) is 6. The average molecular weight is 423 g/mol. The van der Waals surface area contributed by atoms with Crippen molar-refractivity contribution >= 4 is 33.4 Å². The lowest BCUT2D eigenvalue weighted by Crippen LogP contribution is -2.47.